The summed E-state index contributed by atoms with van der Waals surface area (Å²) in [6.45, 7) is 0.253. The second kappa shape index (κ2) is 11.1. The van der Waals surface area contributed by atoms with Gasteiger partial charge in [-0.15, -0.1) is 0 Å². The molecule has 2 aromatic rings. The van der Waals surface area contributed by atoms with Gasteiger partial charge < -0.3 is 20.3 Å². The van der Waals surface area contributed by atoms with Crippen LogP contribution in [-0.2, 0) is 21.1 Å². The van der Waals surface area contributed by atoms with Crippen LogP contribution in [0.2, 0.25) is 0 Å². The minimum absolute atomic E-state index is 0.00465. The first kappa shape index (κ1) is 27.2. The summed E-state index contributed by atoms with van der Waals surface area (Å²) < 4.78 is 45.7. The van der Waals surface area contributed by atoms with Gasteiger partial charge in [-0.05, 0) is 25.1 Å². The van der Waals surface area contributed by atoms with Crippen molar-refractivity contribution in [3.63, 3.8) is 0 Å². The second-order valence-corrected chi connectivity index (χ2v) is 10.6. The number of nitriles is 1. The Balaban J connectivity index is 1.65. The number of aliphatic hydroxyl groups excluding tert-OH is 2. The number of aliphatic hydroxyl groups is 2. The molecule has 1 amide bonds. The van der Waals surface area contributed by atoms with Crippen LogP contribution in [0.5, 0.6) is 0 Å². The van der Waals surface area contributed by atoms with Crippen LogP contribution >= 0.6 is 0 Å². The summed E-state index contributed by atoms with van der Waals surface area (Å²) >= 11 is 0. The van der Waals surface area contributed by atoms with Gasteiger partial charge in [-0.1, -0.05) is 0 Å². The van der Waals surface area contributed by atoms with Gasteiger partial charge in [0.1, 0.15) is 24.2 Å². The number of carbonyl (C=O) groups is 1. The Bertz CT molecular complexity index is 1410. The average molecular weight is 525 g/mol. The SMILES string of the molecule is Cc1cn([C@H]2C[C@H](O)[C@@H](CO)O2)c(=O)n(CCS(=O)(=O)CCNC(=O)c2ccc(F)c(C#N)c2)c1=O. The smallest absolute Gasteiger partial charge is 0.333 e. The van der Waals surface area contributed by atoms with Crippen molar-refractivity contribution in [3.05, 3.63) is 67.7 Å². The Morgan fingerprint density at radius 2 is 2.06 bits per heavy atom. The Hall–Kier alpha value is -3.38. The molecule has 1 aromatic heterocycles. The normalized spacial score (nSPS) is 19.7. The van der Waals surface area contributed by atoms with E-state index < -0.39 is 75.9 Å². The van der Waals surface area contributed by atoms with Gasteiger partial charge in [0.25, 0.3) is 11.5 Å². The lowest BCUT2D eigenvalue weighted by Gasteiger charge is -2.17. The van der Waals surface area contributed by atoms with E-state index in [1.165, 1.54) is 13.1 Å². The molecule has 14 heteroatoms. The van der Waals surface area contributed by atoms with E-state index in [1.807, 2.05) is 0 Å². The molecule has 1 aromatic carbocycles. The van der Waals surface area contributed by atoms with Gasteiger partial charge in [-0.25, -0.2) is 17.6 Å². The summed E-state index contributed by atoms with van der Waals surface area (Å²) in [6, 6.07) is 4.77. The van der Waals surface area contributed by atoms with Gasteiger partial charge in [-0.2, -0.15) is 5.26 Å². The first-order chi connectivity index (χ1) is 17.0. The van der Waals surface area contributed by atoms with Crippen molar-refractivity contribution < 1.29 is 32.6 Å². The third-order valence-electron chi connectivity index (χ3n) is 5.73. The van der Waals surface area contributed by atoms with E-state index in [-0.39, 0.29) is 29.7 Å². The van der Waals surface area contributed by atoms with Gasteiger partial charge in [0, 0.05) is 36.8 Å². The highest BCUT2D eigenvalue weighted by Gasteiger charge is 2.35. The molecular weight excluding hydrogens is 499 g/mol. The molecule has 194 valence electrons. The number of hydrogen-bond acceptors (Lipinski definition) is 9. The minimum Gasteiger partial charge on any atom is -0.394 e. The van der Waals surface area contributed by atoms with Crippen molar-refractivity contribution in [2.24, 2.45) is 0 Å². The monoisotopic (exact) mass is 524 g/mol. The zero-order chi connectivity index (χ0) is 26.6. The number of halogens is 1. The fourth-order valence-corrected chi connectivity index (χ4v) is 4.80. The zero-order valence-electron chi connectivity index (χ0n) is 19.3. The van der Waals surface area contributed by atoms with Gasteiger partial charge in [0.05, 0.1) is 29.8 Å². The molecule has 0 radical (unpaired) electrons. The first-order valence-corrected chi connectivity index (χ1v) is 12.7. The lowest BCUT2D eigenvalue weighted by Crippen LogP contribution is -2.43. The third kappa shape index (κ3) is 6.05. The maximum absolute atomic E-state index is 13.4. The molecule has 0 saturated carbocycles. The maximum Gasteiger partial charge on any atom is 0.333 e. The molecule has 1 aliphatic rings. The molecule has 12 nitrogen and oxygen atoms in total. The van der Waals surface area contributed by atoms with Gasteiger partial charge in [0.2, 0.25) is 0 Å². The Morgan fingerprint density at radius 1 is 1.33 bits per heavy atom. The molecule has 0 spiro atoms. The quantitative estimate of drug-likeness (QED) is 0.364. The van der Waals surface area contributed by atoms with Crippen molar-refractivity contribution in [1.82, 2.24) is 14.5 Å². The van der Waals surface area contributed by atoms with E-state index in [4.69, 9.17) is 10.00 Å². The number of rotatable bonds is 9. The molecule has 3 N–H and O–H groups in total. The van der Waals surface area contributed by atoms with Crippen molar-refractivity contribution in [2.75, 3.05) is 24.7 Å². The number of carbonyl (C=O) groups excluding carboxylic acids is 1. The summed E-state index contributed by atoms with van der Waals surface area (Å²) in [5.41, 5.74) is -1.69. The minimum atomic E-state index is -3.82. The number of aromatic nitrogens is 2. The number of nitrogens with zero attached hydrogens (tertiary/aromatic N) is 3. The average Bonchev–Trinajstić information content (AvgIpc) is 3.21. The van der Waals surface area contributed by atoms with Gasteiger partial charge in [-0.3, -0.25) is 18.7 Å². The highest BCUT2D eigenvalue weighted by molar-refractivity contribution is 7.91. The molecule has 2 heterocycles. The standard InChI is InChI=1S/C22H25FN4O8S/c1-13-11-27(19-9-17(29)18(12-28)35-19)22(32)26(21(13)31)5-7-36(33,34)6-4-25-20(30)14-2-3-16(23)15(8-14)10-24/h2-3,8,11,17-19,28-29H,4-7,9,12H2,1H3,(H,25,30)/t17-,18+,19+/m0/s1. The van der Waals surface area contributed by atoms with Crippen molar-refractivity contribution in [1.29, 1.82) is 5.26 Å². The van der Waals surface area contributed by atoms with Crippen LogP contribution in [0.3, 0.4) is 0 Å². The number of sulfone groups is 1. The number of hydrogen-bond donors (Lipinski definition) is 3. The summed E-state index contributed by atoms with van der Waals surface area (Å²) in [5.74, 6) is -2.54. The predicted octanol–water partition coefficient (Wildman–Crippen LogP) is -1.19. The maximum atomic E-state index is 13.4. The molecular formula is C22H25FN4O8S. The van der Waals surface area contributed by atoms with Crippen LogP contribution < -0.4 is 16.6 Å². The topological polar surface area (TPSA) is 181 Å². The fourth-order valence-electron chi connectivity index (χ4n) is 3.72. The molecule has 0 unspecified atom stereocenters. The van der Waals surface area contributed by atoms with Crippen molar-refractivity contribution in [3.8, 4) is 6.07 Å². The molecule has 0 bridgehead atoms. The molecule has 3 rings (SSSR count). The van der Waals surface area contributed by atoms with Gasteiger partial charge >= 0.3 is 5.69 Å². The fraction of sp³-hybridized carbons (Fsp3) is 0.455. The number of aryl methyl sites for hydroxylation is 1. The first-order valence-electron chi connectivity index (χ1n) is 10.9. The Kier molecular flexibility index (Phi) is 8.41. The van der Waals surface area contributed by atoms with Gasteiger partial charge in [0.15, 0.2) is 9.84 Å². The summed E-state index contributed by atoms with van der Waals surface area (Å²) in [6.07, 6.45) is -1.57. The third-order valence-corrected chi connectivity index (χ3v) is 7.37. The van der Waals surface area contributed by atoms with Crippen molar-refractivity contribution >= 4 is 15.7 Å². The van der Waals surface area contributed by atoms with Crippen LogP contribution in [0.15, 0.2) is 34.0 Å². The highest BCUT2D eigenvalue weighted by Crippen LogP contribution is 2.27. The zero-order valence-corrected chi connectivity index (χ0v) is 20.1. The van der Waals surface area contributed by atoms with Crippen LogP contribution in [0.25, 0.3) is 0 Å². The van der Waals surface area contributed by atoms with Crippen LogP contribution in [0, 0.1) is 24.1 Å². The number of ether oxygens (including phenoxy) is 1. The Labute approximate surface area is 205 Å². The number of amides is 1. The molecule has 1 fully saturated rings. The van der Waals surface area contributed by atoms with Crippen LogP contribution in [-0.4, -0.2) is 70.5 Å². The van der Waals surface area contributed by atoms with E-state index in [9.17, 15) is 37.4 Å². The Morgan fingerprint density at radius 3 is 2.69 bits per heavy atom. The number of nitrogens with one attached hydrogen (secondary N) is 1. The predicted molar refractivity (Wildman–Crippen MR) is 123 cm³/mol. The van der Waals surface area contributed by atoms with Crippen LogP contribution in [0.1, 0.15) is 34.1 Å². The largest absolute Gasteiger partial charge is 0.394 e. The van der Waals surface area contributed by atoms with E-state index >= 15 is 0 Å². The molecule has 3 atom stereocenters. The number of benzene rings is 1. The summed E-state index contributed by atoms with van der Waals surface area (Å²) in [4.78, 5) is 37.6. The molecule has 1 saturated heterocycles. The van der Waals surface area contributed by atoms with Crippen molar-refractivity contribution in [2.45, 2.75) is 38.3 Å². The lowest BCUT2D eigenvalue weighted by molar-refractivity contribution is -0.0463. The van der Waals surface area contributed by atoms with Crippen LogP contribution in [0.4, 0.5) is 4.39 Å². The summed E-state index contributed by atoms with van der Waals surface area (Å²) in [5, 5.41) is 30.4. The summed E-state index contributed by atoms with van der Waals surface area (Å²) in [7, 11) is -3.82. The highest BCUT2D eigenvalue weighted by atomic mass is 32.2. The van der Waals surface area contributed by atoms with E-state index in [0.29, 0.717) is 0 Å². The van der Waals surface area contributed by atoms with E-state index in [2.05, 4.69) is 5.32 Å². The molecule has 0 aliphatic carbocycles. The molecule has 1 aliphatic heterocycles. The molecule has 36 heavy (non-hydrogen) atoms. The van der Waals surface area contributed by atoms with E-state index in [1.54, 1.807) is 6.07 Å². The second-order valence-electron chi connectivity index (χ2n) is 8.29. The van der Waals surface area contributed by atoms with E-state index in [0.717, 1.165) is 27.3 Å². The lowest BCUT2D eigenvalue weighted by atomic mass is 10.1.